The van der Waals surface area contributed by atoms with Gasteiger partial charge < -0.3 is 25.2 Å². The first kappa shape index (κ1) is 17.1. The van der Waals surface area contributed by atoms with Crippen LogP contribution in [-0.2, 0) is 4.74 Å². The van der Waals surface area contributed by atoms with Crippen molar-refractivity contribution in [1.29, 1.82) is 0 Å². The van der Waals surface area contributed by atoms with E-state index >= 15 is 0 Å². The number of hydrogen-bond acceptors (Lipinski definition) is 6. The maximum atomic E-state index is 11.7. The van der Waals surface area contributed by atoms with Gasteiger partial charge in [0.15, 0.2) is 0 Å². The van der Waals surface area contributed by atoms with E-state index < -0.39 is 5.97 Å². The summed E-state index contributed by atoms with van der Waals surface area (Å²) in [6.45, 7) is 2.84. The van der Waals surface area contributed by atoms with Crippen molar-refractivity contribution < 1.29 is 19.7 Å². The Labute approximate surface area is 155 Å². The van der Waals surface area contributed by atoms with Crippen molar-refractivity contribution in [2.45, 2.75) is 0 Å². The normalized spacial score (nSPS) is 14.3. The van der Waals surface area contributed by atoms with Gasteiger partial charge >= 0.3 is 5.97 Å². The van der Waals surface area contributed by atoms with Gasteiger partial charge in [-0.25, -0.2) is 4.79 Å². The van der Waals surface area contributed by atoms with E-state index in [1.807, 2.05) is 18.2 Å². The Morgan fingerprint density at radius 2 is 1.85 bits per heavy atom. The molecule has 0 amide bonds. The lowest BCUT2D eigenvalue weighted by Crippen LogP contribution is -2.36. The molecule has 0 unspecified atom stereocenters. The van der Waals surface area contributed by atoms with Crippen LogP contribution in [0.3, 0.4) is 0 Å². The summed E-state index contributed by atoms with van der Waals surface area (Å²) in [4.78, 5) is 18.4. The summed E-state index contributed by atoms with van der Waals surface area (Å²) in [5.41, 5.74) is 2.95. The van der Waals surface area contributed by atoms with Crippen LogP contribution in [-0.4, -0.2) is 47.5 Å². The Kier molecular flexibility index (Phi) is 4.52. The van der Waals surface area contributed by atoms with Crippen molar-refractivity contribution in [1.82, 2.24) is 4.98 Å². The van der Waals surface area contributed by atoms with Gasteiger partial charge in [0.05, 0.1) is 30.1 Å². The topological polar surface area (TPSA) is 94.9 Å². The second kappa shape index (κ2) is 7.13. The number of ether oxygens (including phenoxy) is 1. The maximum Gasteiger partial charge on any atom is 0.339 e. The predicted octanol–water partition coefficient (Wildman–Crippen LogP) is 3.22. The third-order valence-electron chi connectivity index (χ3n) is 4.59. The van der Waals surface area contributed by atoms with Crippen molar-refractivity contribution in [3.63, 3.8) is 0 Å². The van der Waals surface area contributed by atoms with E-state index in [4.69, 9.17) is 4.74 Å². The van der Waals surface area contributed by atoms with Crippen LogP contribution >= 0.6 is 0 Å². The number of phenolic OH excluding ortho intramolecular Hbond substituents is 1. The number of anilines is 3. The highest BCUT2D eigenvalue weighted by Gasteiger charge is 2.19. The second-order valence-electron chi connectivity index (χ2n) is 6.30. The molecule has 3 aromatic rings. The average molecular weight is 365 g/mol. The molecule has 0 saturated carbocycles. The van der Waals surface area contributed by atoms with Gasteiger partial charge in [-0.2, -0.15) is 0 Å². The molecule has 2 heterocycles. The molecule has 0 radical (unpaired) electrons. The molecule has 1 aromatic heterocycles. The molecule has 0 atom stereocenters. The van der Waals surface area contributed by atoms with Gasteiger partial charge in [-0.15, -0.1) is 0 Å². The Hall–Kier alpha value is -3.32. The minimum absolute atomic E-state index is 0.0923. The third-order valence-corrected chi connectivity index (χ3v) is 4.59. The molecule has 0 aliphatic carbocycles. The number of aromatic nitrogens is 1. The number of aromatic hydroxyl groups is 1. The van der Waals surface area contributed by atoms with E-state index in [1.54, 1.807) is 24.3 Å². The third kappa shape index (κ3) is 3.37. The summed E-state index contributed by atoms with van der Waals surface area (Å²) in [5, 5.41) is 23.0. The lowest BCUT2D eigenvalue weighted by molar-refractivity contribution is 0.0697. The highest BCUT2D eigenvalue weighted by atomic mass is 16.5. The number of phenols is 1. The fourth-order valence-electron chi connectivity index (χ4n) is 3.25. The molecular weight excluding hydrogens is 346 g/mol. The summed E-state index contributed by atoms with van der Waals surface area (Å²) in [7, 11) is 0. The van der Waals surface area contributed by atoms with E-state index in [1.165, 1.54) is 6.20 Å². The monoisotopic (exact) mass is 365 g/mol. The van der Waals surface area contributed by atoms with Crippen molar-refractivity contribution >= 4 is 33.9 Å². The van der Waals surface area contributed by atoms with Gasteiger partial charge in [0.25, 0.3) is 0 Å². The highest BCUT2D eigenvalue weighted by Crippen LogP contribution is 2.34. The smallest absolute Gasteiger partial charge is 0.339 e. The molecule has 7 nitrogen and oxygen atoms in total. The van der Waals surface area contributed by atoms with E-state index in [9.17, 15) is 15.0 Å². The molecule has 1 aliphatic rings. The standard InChI is InChI=1S/C20H19N3O4/c24-14-6-4-13(5-7-14)22-18-15-2-1-3-17(23-8-10-27-11-9-23)19(15)21-12-16(18)20(25)26/h1-7,12,24H,8-11H2,(H,21,22)(H,25,26). The van der Waals surface area contributed by atoms with Gasteiger partial charge in [0.2, 0.25) is 0 Å². The van der Waals surface area contributed by atoms with E-state index in [-0.39, 0.29) is 11.3 Å². The number of benzene rings is 2. The zero-order valence-corrected chi connectivity index (χ0v) is 14.6. The fourth-order valence-corrected chi connectivity index (χ4v) is 3.25. The molecule has 3 N–H and O–H groups in total. The lowest BCUT2D eigenvalue weighted by Gasteiger charge is -2.29. The first-order chi connectivity index (χ1) is 13.1. The molecular formula is C20H19N3O4. The van der Waals surface area contributed by atoms with Crippen molar-refractivity contribution in [2.24, 2.45) is 0 Å². The quantitative estimate of drug-likeness (QED) is 0.611. The maximum absolute atomic E-state index is 11.7. The van der Waals surface area contributed by atoms with Gasteiger partial charge in [0.1, 0.15) is 11.3 Å². The minimum atomic E-state index is -1.05. The molecule has 0 spiro atoms. The van der Waals surface area contributed by atoms with Crippen molar-refractivity contribution in [2.75, 3.05) is 36.5 Å². The number of aromatic carboxylic acids is 1. The number of pyridine rings is 1. The Morgan fingerprint density at radius 1 is 1.11 bits per heavy atom. The number of para-hydroxylation sites is 1. The lowest BCUT2D eigenvalue weighted by atomic mass is 10.1. The zero-order chi connectivity index (χ0) is 18.8. The largest absolute Gasteiger partial charge is 0.508 e. The van der Waals surface area contributed by atoms with E-state index in [0.29, 0.717) is 24.6 Å². The van der Waals surface area contributed by atoms with Crippen LogP contribution in [0.15, 0.2) is 48.7 Å². The molecule has 7 heteroatoms. The molecule has 1 fully saturated rings. The van der Waals surface area contributed by atoms with Crippen LogP contribution in [0.5, 0.6) is 5.75 Å². The number of nitrogens with zero attached hydrogens (tertiary/aromatic N) is 2. The van der Waals surface area contributed by atoms with Gasteiger partial charge in [-0.1, -0.05) is 12.1 Å². The van der Waals surface area contributed by atoms with Crippen molar-refractivity contribution in [3.8, 4) is 5.75 Å². The molecule has 4 rings (SSSR count). The molecule has 2 aromatic carbocycles. The van der Waals surface area contributed by atoms with E-state index in [2.05, 4.69) is 15.2 Å². The second-order valence-corrected chi connectivity index (χ2v) is 6.30. The SMILES string of the molecule is O=C(O)c1cnc2c(N3CCOCC3)cccc2c1Nc1ccc(O)cc1. The summed E-state index contributed by atoms with van der Waals surface area (Å²) in [6.07, 6.45) is 1.39. The van der Waals surface area contributed by atoms with Crippen LogP contribution in [0.1, 0.15) is 10.4 Å². The first-order valence-electron chi connectivity index (χ1n) is 8.67. The Bertz CT molecular complexity index is 982. The molecule has 1 aliphatic heterocycles. The first-order valence-corrected chi connectivity index (χ1v) is 8.67. The zero-order valence-electron chi connectivity index (χ0n) is 14.6. The Balaban J connectivity index is 1.85. The number of nitrogens with one attached hydrogen (secondary N) is 1. The van der Waals surface area contributed by atoms with Crippen LogP contribution in [0, 0.1) is 0 Å². The summed E-state index contributed by atoms with van der Waals surface area (Å²) >= 11 is 0. The molecule has 0 bridgehead atoms. The number of morpholine rings is 1. The van der Waals surface area contributed by atoms with E-state index in [0.717, 1.165) is 29.7 Å². The highest BCUT2D eigenvalue weighted by molar-refractivity contribution is 6.08. The molecule has 138 valence electrons. The molecule has 27 heavy (non-hydrogen) atoms. The van der Waals surface area contributed by atoms with Gasteiger partial charge in [-0.05, 0) is 30.3 Å². The summed E-state index contributed by atoms with van der Waals surface area (Å²) < 4.78 is 5.42. The Morgan fingerprint density at radius 3 is 2.56 bits per heavy atom. The van der Waals surface area contributed by atoms with Gasteiger partial charge in [-0.3, -0.25) is 4.98 Å². The number of rotatable bonds is 4. The number of carbonyl (C=O) groups is 1. The fraction of sp³-hybridized carbons (Fsp3) is 0.200. The predicted molar refractivity (Wildman–Crippen MR) is 103 cm³/mol. The number of hydrogen-bond donors (Lipinski definition) is 3. The van der Waals surface area contributed by atoms with Crippen molar-refractivity contribution in [3.05, 3.63) is 54.2 Å². The van der Waals surface area contributed by atoms with Crippen LogP contribution in [0.2, 0.25) is 0 Å². The van der Waals surface area contributed by atoms with Crippen LogP contribution in [0.4, 0.5) is 17.1 Å². The summed E-state index contributed by atoms with van der Waals surface area (Å²) in [6, 6.07) is 12.2. The number of fused-ring (bicyclic) bond motifs is 1. The van der Waals surface area contributed by atoms with Gasteiger partial charge in [0, 0.05) is 30.4 Å². The van der Waals surface area contributed by atoms with Crippen LogP contribution in [0.25, 0.3) is 10.9 Å². The average Bonchev–Trinajstić information content (AvgIpc) is 2.70. The summed E-state index contributed by atoms with van der Waals surface area (Å²) in [5.74, 6) is -0.907. The molecule has 1 saturated heterocycles. The minimum Gasteiger partial charge on any atom is -0.508 e. The number of carboxylic acid groups (broad SMARTS) is 1. The van der Waals surface area contributed by atoms with Crippen LogP contribution < -0.4 is 10.2 Å². The number of carboxylic acids is 1.